The Bertz CT molecular complexity index is 445. The average molecular weight is 335 g/mol. The maximum Gasteiger partial charge on any atom is 0.0608 e. The zero-order chi connectivity index (χ0) is 17.8. The molecule has 3 fully saturated rings. The van der Waals surface area contributed by atoms with Crippen LogP contribution in [0, 0.1) is 52.8 Å². The Balaban J connectivity index is 1.73. The van der Waals surface area contributed by atoms with Crippen molar-refractivity contribution in [3.05, 3.63) is 0 Å². The first-order valence-electron chi connectivity index (χ1n) is 10.9. The molecule has 0 amide bonds. The molecule has 3 rings (SSSR count). The summed E-state index contributed by atoms with van der Waals surface area (Å²) in [4.78, 5) is 0. The summed E-state index contributed by atoms with van der Waals surface area (Å²) >= 11 is 0. The maximum atomic E-state index is 6.33. The van der Waals surface area contributed by atoms with Crippen LogP contribution in [0.3, 0.4) is 0 Å². The van der Waals surface area contributed by atoms with Gasteiger partial charge in [0.15, 0.2) is 0 Å². The first kappa shape index (κ1) is 18.7. The fraction of sp³-hybridized carbons (Fsp3) is 1.00. The lowest BCUT2D eigenvalue weighted by Crippen LogP contribution is -2.38. The van der Waals surface area contributed by atoms with E-state index in [4.69, 9.17) is 4.74 Å². The van der Waals surface area contributed by atoms with Crippen molar-refractivity contribution in [3.63, 3.8) is 0 Å². The van der Waals surface area contributed by atoms with E-state index >= 15 is 0 Å². The molecule has 11 unspecified atom stereocenters. The van der Waals surface area contributed by atoms with Crippen molar-refractivity contribution in [2.24, 2.45) is 52.8 Å². The van der Waals surface area contributed by atoms with Gasteiger partial charge < -0.3 is 4.74 Å². The molecule has 1 aliphatic heterocycles. The molecule has 2 aliphatic carbocycles. The zero-order valence-corrected chi connectivity index (χ0v) is 17.5. The molecule has 2 saturated carbocycles. The summed E-state index contributed by atoms with van der Waals surface area (Å²) in [6.07, 6.45) is 6.44. The van der Waals surface area contributed by atoms with Crippen molar-refractivity contribution in [1.29, 1.82) is 0 Å². The first-order chi connectivity index (χ1) is 11.2. The normalized spacial score (nSPS) is 57.5. The summed E-state index contributed by atoms with van der Waals surface area (Å²) in [6.45, 7) is 19.8. The molecule has 0 aromatic carbocycles. The van der Waals surface area contributed by atoms with Gasteiger partial charge in [-0.3, -0.25) is 0 Å². The standard InChI is InChI=1S/C23H42O/c1-9-19-15(4)16(5)23(8,17(6)20-12-21(19)20)11-10-22-14(3)13(2)18(7)24-22/h13-22H,9-12H2,1-8H3. The van der Waals surface area contributed by atoms with Crippen LogP contribution in [0.2, 0.25) is 0 Å². The van der Waals surface area contributed by atoms with E-state index in [1.165, 1.54) is 25.7 Å². The number of hydrogen-bond acceptors (Lipinski definition) is 1. The van der Waals surface area contributed by atoms with Crippen LogP contribution in [0.4, 0.5) is 0 Å². The van der Waals surface area contributed by atoms with Gasteiger partial charge in [-0.1, -0.05) is 54.9 Å². The van der Waals surface area contributed by atoms with E-state index in [2.05, 4.69) is 55.4 Å². The lowest BCUT2D eigenvalue weighted by Gasteiger charge is -2.44. The summed E-state index contributed by atoms with van der Waals surface area (Å²) in [5.74, 6) is 7.02. The van der Waals surface area contributed by atoms with Crippen LogP contribution in [0.15, 0.2) is 0 Å². The highest BCUT2D eigenvalue weighted by molar-refractivity contribution is 5.06. The topological polar surface area (TPSA) is 9.23 Å². The summed E-state index contributed by atoms with van der Waals surface area (Å²) in [5, 5.41) is 0. The molecule has 11 atom stereocenters. The summed E-state index contributed by atoms with van der Waals surface area (Å²) in [5.41, 5.74) is 0.487. The smallest absolute Gasteiger partial charge is 0.0608 e. The van der Waals surface area contributed by atoms with Gasteiger partial charge >= 0.3 is 0 Å². The van der Waals surface area contributed by atoms with E-state index in [0.717, 1.165) is 41.4 Å². The number of hydrogen-bond donors (Lipinski definition) is 0. The zero-order valence-electron chi connectivity index (χ0n) is 17.5. The molecule has 0 N–H and O–H groups in total. The van der Waals surface area contributed by atoms with Crippen LogP contribution >= 0.6 is 0 Å². The Hall–Kier alpha value is -0.0400. The third-order valence-electron chi connectivity index (χ3n) is 9.61. The molecule has 0 aromatic heterocycles. The van der Waals surface area contributed by atoms with Gasteiger partial charge in [0, 0.05) is 0 Å². The van der Waals surface area contributed by atoms with Gasteiger partial charge in [-0.25, -0.2) is 0 Å². The maximum absolute atomic E-state index is 6.33. The van der Waals surface area contributed by atoms with Gasteiger partial charge in [0.1, 0.15) is 0 Å². The molecule has 0 bridgehead atoms. The Morgan fingerprint density at radius 3 is 2.08 bits per heavy atom. The highest BCUT2D eigenvalue weighted by atomic mass is 16.5. The fourth-order valence-corrected chi connectivity index (χ4v) is 6.77. The molecule has 1 saturated heterocycles. The molecule has 1 heterocycles. The minimum atomic E-state index is 0.443. The highest BCUT2D eigenvalue weighted by Gasteiger charge is 2.57. The molecule has 0 aromatic rings. The molecule has 1 nitrogen and oxygen atoms in total. The minimum Gasteiger partial charge on any atom is -0.375 e. The summed E-state index contributed by atoms with van der Waals surface area (Å²) in [7, 11) is 0. The van der Waals surface area contributed by atoms with Gasteiger partial charge in [-0.05, 0) is 78.9 Å². The van der Waals surface area contributed by atoms with E-state index in [1.807, 2.05) is 0 Å². The second-order valence-corrected chi connectivity index (χ2v) is 10.2. The molecule has 3 aliphatic rings. The van der Waals surface area contributed by atoms with Gasteiger partial charge in [-0.2, -0.15) is 0 Å². The van der Waals surface area contributed by atoms with E-state index < -0.39 is 0 Å². The van der Waals surface area contributed by atoms with Crippen molar-refractivity contribution in [3.8, 4) is 0 Å². The van der Waals surface area contributed by atoms with Crippen molar-refractivity contribution >= 4 is 0 Å². The largest absolute Gasteiger partial charge is 0.375 e. The van der Waals surface area contributed by atoms with E-state index in [0.29, 0.717) is 23.5 Å². The van der Waals surface area contributed by atoms with E-state index in [1.54, 1.807) is 0 Å². The molecule has 140 valence electrons. The van der Waals surface area contributed by atoms with E-state index in [-0.39, 0.29) is 0 Å². The second kappa shape index (κ2) is 6.60. The van der Waals surface area contributed by atoms with Crippen molar-refractivity contribution in [2.45, 2.75) is 93.3 Å². The van der Waals surface area contributed by atoms with Gasteiger partial charge in [0.25, 0.3) is 0 Å². The third-order valence-corrected chi connectivity index (χ3v) is 9.61. The van der Waals surface area contributed by atoms with Crippen LogP contribution in [-0.2, 0) is 4.74 Å². The highest BCUT2D eigenvalue weighted by Crippen LogP contribution is 2.64. The lowest BCUT2D eigenvalue weighted by molar-refractivity contribution is 0.00206. The van der Waals surface area contributed by atoms with Gasteiger partial charge in [-0.15, -0.1) is 0 Å². The summed E-state index contributed by atoms with van der Waals surface area (Å²) in [6, 6.07) is 0. The Labute approximate surface area is 151 Å². The van der Waals surface area contributed by atoms with Crippen molar-refractivity contribution in [2.75, 3.05) is 0 Å². The van der Waals surface area contributed by atoms with Crippen LogP contribution < -0.4 is 0 Å². The van der Waals surface area contributed by atoms with Gasteiger partial charge in [0.2, 0.25) is 0 Å². The Morgan fingerprint density at radius 2 is 1.54 bits per heavy atom. The quantitative estimate of drug-likeness (QED) is 0.576. The van der Waals surface area contributed by atoms with Crippen LogP contribution in [0.5, 0.6) is 0 Å². The van der Waals surface area contributed by atoms with E-state index in [9.17, 15) is 0 Å². The molecule has 1 heteroatoms. The number of rotatable bonds is 4. The minimum absolute atomic E-state index is 0.443. The van der Waals surface area contributed by atoms with Crippen LogP contribution in [0.1, 0.15) is 81.1 Å². The third kappa shape index (κ3) is 2.87. The van der Waals surface area contributed by atoms with Crippen LogP contribution in [-0.4, -0.2) is 12.2 Å². The molecule has 0 spiro atoms. The Morgan fingerprint density at radius 1 is 0.875 bits per heavy atom. The second-order valence-electron chi connectivity index (χ2n) is 10.2. The number of fused-ring (bicyclic) bond motifs is 1. The SMILES string of the molecule is CCC1C(C)C(C)C(C)(CCC2OC(C)C(C)C2C)C(C)C2CC12. The van der Waals surface area contributed by atoms with Crippen molar-refractivity contribution < 1.29 is 4.74 Å². The van der Waals surface area contributed by atoms with Gasteiger partial charge in [0.05, 0.1) is 12.2 Å². The monoisotopic (exact) mass is 334 g/mol. The average Bonchev–Trinajstić information content (AvgIpc) is 3.31. The fourth-order valence-electron chi connectivity index (χ4n) is 6.77. The Kier molecular flexibility index (Phi) is 5.15. The molecular weight excluding hydrogens is 292 g/mol. The lowest BCUT2D eigenvalue weighted by atomic mass is 9.61. The number of ether oxygens (including phenoxy) is 1. The predicted octanol–water partition coefficient (Wildman–Crippen LogP) is 6.42. The molecule has 0 radical (unpaired) electrons. The summed E-state index contributed by atoms with van der Waals surface area (Å²) < 4.78 is 6.33. The first-order valence-corrected chi connectivity index (χ1v) is 10.9. The molecular formula is C23H42O. The molecule has 24 heavy (non-hydrogen) atoms. The van der Waals surface area contributed by atoms with Crippen molar-refractivity contribution in [1.82, 2.24) is 0 Å². The predicted molar refractivity (Wildman–Crippen MR) is 103 cm³/mol. The van der Waals surface area contributed by atoms with Crippen LogP contribution in [0.25, 0.3) is 0 Å².